The zero-order valence-corrected chi connectivity index (χ0v) is 9.61. The van der Waals surface area contributed by atoms with Crippen LogP contribution in [-0.4, -0.2) is 14.9 Å². The Labute approximate surface area is 104 Å². The van der Waals surface area contributed by atoms with Gasteiger partial charge >= 0.3 is 0 Å². The molecule has 1 N–H and O–H groups in total. The molecule has 0 saturated heterocycles. The number of hydrogen-bond donors (Lipinski definition) is 1. The van der Waals surface area contributed by atoms with Crippen LogP contribution in [0.3, 0.4) is 0 Å². The first-order chi connectivity index (χ1) is 8.77. The zero-order valence-electron chi connectivity index (χ0n) is 9.61. The van der Waals surface area contributed by atoms with Gasteiger partial charge in [0.25, 0.3) is 5.69 Å². The molecule has 2 rings (SSSR count). The van der Waals surface area contributed by atoms with Crippen LogP contribution in [0.1, 0.15) is 11.3 Å². The summed E-state index contributed by atoms with van der Waals surface area (Å²) in [6, 6.07) is 6.68. The average molecular weight is 244 g/mol. The molecule has 1 heterocycles. The highest BCUT2D eigenvalue weighted by molar-refractivity contribution is 5.39. The van der Waals surface area contributed by atoms with E-state index in [9.17, 15) is 10.1 Å². The molecule has 0 amide bonds. The van der Waals surface area contributed by atoms with Gasteiger partial charge < -0.3 is 5.32 Å². The molecule has 6 nitrogen and oxygen atoms in total. The summed E-state index contributed by atoms with van der Waals surface area (Å²) in [6.07, 6.45) is 4.87. The first-order valence-corrected chi connectivity index (χ1v) is 5.45. The van der Waals surface area contributed by atoms with Crippen LogP contribution < -0.4 is 5.32 Å². The average Bonchev–Trinajstić information content (AvgIpc) is 2.40. The summed E-state index contributed by atoms with van der Waals surface area (Å²) in [5.41, 5.74) is 1.59. The molecule has 6 heteroatoms. The second kappa shape index (κ2) is 5.83. The molecule has 0 atom stereocenters. The topological polar surface area (TPSA) is 81.0 Å². The summed E-state index contributed by atoms with van der Waals surface area (Å²) in [7, 11) is 0. The number of para-hydroxylation sites is 1. The standard InChI is InChI=1S/C12H12N4O2/c17-16(18)12-4-2-1-3-10(12)7-14-9-11-8-13-5-6-15-11/h1-6,8,14H,7,9H2. The van der Waals surface area contributed by atoms with Gasteiger partial charge in [-0.15, -0.1) is 0 Å². The molecule has 0 spiro atoms. The van der Waals surface area contributed by atoms with E-state index in [-0.39, 0.29) is 10.6 Å². The maximum absolute atomic E-state index is 10.8. The lowest BCUT2D eigenvalue weighted by atomic mass is 10.2. The minimum Gasteiger partial charge on any atom is -0.307 e. The van der Waals surface area contributed by atoms with Gasteiger partial charge in [-0.1, -0.05) is 18.2 Å². The first kappa shape index (κ1) is 12.1. The number of nitrogens with one attached hydrogen (secondary N) is 1. The minimum atomic E-state index is -0.376. The second-order valence-electron chi connectivity index (χ2n) is 3.69. The van der Waals surface area contributed by atoms with Crippen LogP contribution in [0, 0.1) is 10.1 Å². The quantitative estimate of drug-likeness (QED) is 0.639. The molecular weight excluding hydrogens is 232 g/mol. The van der Waals surface area contributed by atoms with E-state index in [1.54, 1.807) is 36.8 Å². The van der Waals surface area contributed by atoms with Crippen LogP contribution >= 0.6 is 0 Å². The highest BCUT2D eigenvalue weighted by atomic mass is 16.6. The maximum Gasteiger partial charge on any atom is 0.273 e. The third-order valence-corrected chi connectivity index (χ3v) is 2.43. The predicted octanol–water partition coefficient (Wildman–Crippen LogP) is 1.67. The van der Waals surface area contributed by atoms with Crippen LogP contribution in [0.5, 0.6) is 0 Å². The van der Waals surface area contributed by atoms with Crippen molar-refractivity contribution in [2.75, 3.05) is 0 Å². The Morgan fingerprint density at radius 2 is 2.06 bits per heavy atom. The van der Waals surface area contributed by atoms with E-state index in [0.717, 1.165) is 5.69 Å². The fraction of sp³-hybridized carbons (Fsp3) is 0.167. The van der Waals surface area contributed by atoms with Gasteiger partial charge in [-0.3, -0.25) is 20.1 Å². The van der Waals surface area contributed by atoms with Gasteiger partial charge in [-0.05, 0) is 0 Å². The number of aromatic nitrogens is 2. The monoisotopic (exact) mass is 244 g/mol. The number of nitrogens with zero attached hydrogens (tertiary/aromatic N) is 3. The first-order valence-electron chi connectivity index (χ1n) is 5.45. The van der Waals surface area contributed by atoms with E-state index in [1.165, 1.54) is 6.07 Å². The number of hydrogen-bond acceptors (Lipinski definition) is 5. The number of nitro groups is 1. The molecule has 0 aliphatic carbocycles. The molecule has 1 aromatic carbocycles. The Hall–Kier alpha value is -2.34. The Kier molecular flexibility index (Phi) is 3.93. The van der Waals surface area contributed by atoms with Crippen molar-refractivity contribution in [3.8, 4) is 0 Å². The van der Waals surface area contributed by atoms with Crippen LogP contribution in [0.15, 0.2) is 42.9 Å². The molecule has 0 fully saturated rings. The lowest BCUT2D eigenvalue weighted by Gasteiger charge is -2.04. The van der Waals surface area contributed by atoms with Gasteiger partial charge in [0.2, 0.25) is 0 Å². The maximum atomic E-state index is 10.8. The summed E-state index contributed by atoms with van der Waals surface area (Å²) < 4.78 is 0. The van der Waals surface area contributed by atoms with Crippen molar-refractivity contribution in [1.29, 1.82) is 0 Å². The predicted molar refractivity (Wildman–Crippen MR) is 65.7 cm³/mol. The second-order valence-corrected chi connectivity index (χ2v) is 3.69. The van der Waals surface area contributed by atoms with E-state index in [1.807, 2.05) is 0 Å². The minimum absolute atomic E-state index is 0.129. The Bertz CT molecular complexity index is 531. The van der Waals surface area contributed by atoms with Crippen molar-refractivity contribution in [1.82, 2.24) is 15.3 Å². The van der Waals surface area contributed by atoms with E-state index < -0.39 is 0 Å². The summed E-state index contributed by atoms with van der Waals surface area (Å²) in [5.74, 6) is 0. The van der Waals surface area contributed by atoms with Crippen molar-refractivity contribution in [2.45, 2.75) is 13.1 Å². The normalized spacial score (nSPS) is 10.2. The fourth-order valence-electron chi connectivity index (χ4n) is 1.58. The van der Waals surface area contributed by atoms with Crippen LogP contribution in [0.2, 0.25) is 0 Å². The van der Waals surface area contributed by atoms with Gasteiger partial charge in [0.1, 0.15) is 0 Å². The van der Waals surface area contributed by atoms with Crippen molar-refractivity contribution < 1.29 is 4.92 Å². The summed E-state index contributed by atoms with van der Waals surface area (Å²) >= 11 is 0. The Morgan fingerprint density at radius 3 is 2.78 bits per heavy atom. The molecule has 0 radical (unpaired) electrons. The van der Waals surface area contributed by atoms with Gasteiger partial charge in [0, 0.05) is 43.3 Å². The van der Waals surface area contributed by atoms with E-state index >= 15 is 0 Å². The van der Waals surface area contributed by atoms with Crippen molar-refractivity contribution in [2.24, 2.45) is 0 Å². The molecule has 1 aromatic heterocycles. The SMILES string of the molecule is O=[N+]([O-])c1ccccc1CNCc1cnccn1. The third kappa shape index (κ3) is 3.08. The summed E-state index contributed by atoms with van der Waals surface area (Å²) in [4.78, 5) is 18.5. The van der Waals surface area contributed by atoms with Crippen molar-refractivity contribution >= 4 is 5.69 Å². The highest BCUT2D eigenvalue weighted by Gasteiger charge is 2.11. The van der Waals surface area contributed by atoms with E-state index in [0.29, 0.717) is 18.7 Å². The van der Waals surface area contributed by atoms with Crippen LogP contribution in [-0.2, 0) is 13.1 Å². The molecule has 0 aliphatic rings. The van der Waals surface area contributed by atoms with Crippen LogP contribution in [0.4, 0.5) is 5.69 Å². The molecule has 0 saturated carbocycles. The molecule has 2 aromatic rings. The molecule has 0 bridgehead atoms. The molecule has 18 heavy (non-hydrogen) atoms. The van der Waals surface area contributed by atoms with Gasteiger partial charge in [-0.2, -0.15) is 0 Å². The summed E-state index contributed by atoms with van der Waals surface area (Å²) in [6.45, 7) is 0.952. The molecule has 0 unspecified atom stereocenters. The van der Waals surface area contributed by atoms with Gasteiger partial charge in [0.05, 0.1) is 10.6 Å². The number of nitro benzene ring substituents is 1. The zero-order chi connectivity index (χ0) is 12.8. The fourth-order valence-corrected chi connectivity index (χ4v) is 1.58. The lowest BCUT2D eigenvalue weighted by Crippen LogP contribution is -2.14. The van der Waals surface area contributed by atoms with Crippen molar-refractivity contribution in [3.05, 3.63) is 64.2 Å². The third-order valence-electron chi connectivity index (χ3n) is 2.43. The molecular formula is C12H12N4O2. The van der Waals surface area contributed by atoms with Gasteiger partial charge in [-0.25, -0.2) is 0 Å². The summed E-state index contributed by atoms with van der Waals surface area (Å²) in [5, 5.41) is 13.9. The van der Waals surface area contributed by atoms with Gasteiger partial charge in [0.15, 0.2) is 0 Å². The Balaban J connectivity index is 1.97. The highest BCUT2D eigenvalue weighted by Crippen LogP contribution is 2.17. The number of rotatable bonds is 5. The number of benzene rings is 1. The van der Waals surface area contributed by atoms with Crippen molar-refractivity contribution in [3.63, 3.8) is 0 Å². The molecule has 92 valence electrons. The van der Waals surface area contributed by atoms with Crippen LogP contribution in [0.25, 0.3) is 0 Å². The van der Waals surface area contributed by atoms with E-state index in [4.69, 9.17) is 0 Å². The molecule has 0 aliphatic heterocycles. The Morgan fingerprint density at radius 1 is 1.22 bits per heavy atom. The smallest absolute Gasteiger partial charge is 0.273 e. The largest absolute Gasteiger partial charge is 0.307 e. The lowest BCUT2D eigenvalue weighted by molar-refractivity contribution is -0.385. The van der Waals surface area contributed by atoms with E-state index in [2.05, 4.69) is 15.3 Å².